The van der Waals surface area contributed by atoms with Crippen LogP contribution in [0, 0.1) is 5.82 Å². The molecule has 0 saturated carbocycles. The van der Waals surface area contributed by atoms with E-state index >= 15 is 0 Å². The molecule has 0 bridgehead atoms. The number of hydrogen-bond donors (Lipinski definition) is 1. The van der Waals surface area contributed by atoms with Gasteiger partial charge in [0.25, 0.3) is 0 Å². The van der Waals surface area contributed by atoms with Gasteiger partial charge in [-0.25, -0.2) is 12.8 Å². The maximum atomic E-state index is 12.8. The van der Waals surface area contributed by atoms with Gasteiger partial charge in [0.1, 0.15) is 15.7 Å². The van der Waals surface area contributed by atoms with Crippen molar-refractivity contribution in [3.05, 3.63) is 41.5 Å². The van der Waals surface area contributed by atoms with E-state index in [1.165, 1.54) is 10.7 Å². The Morgan fingerprint density at radius 1 is 1.09 bits per heavy atom. The van der Waals surface area contributed by atoms with Crippen molar-refractivity contribution in [2.24, 2.45) is 0 Å². The van der Waals surface area contributed by atoms with Crippen LogP contribution in [-0.4, -0.2) is 20.5 Å². The summed E-state index contributed by atoms with van der Waals surface area (Å²) in [6, 6.07) is 4.85. The zero-order valence-corrected chi connectivity index (χ0v) is 12.2. The number of benzene rings is 1. The van der Waals surface area contributed by atoms with Gasteiger partial charge in [0.2, 0.25) is 9.84 Å². The van der Waals surface area contributed by atoms with Gasteiger partial charge < -0.3 is 5.32 Å². The van der Waals surface area contributed by atoms with Crippen molar-refractivity contribution in [1.82, 2.24) is 0 Å². The van der Waals surface area contributed by atoms with E-state index in [-0.39, 0.29) is 4.90 Å². The van der Waals surface area contributed by atoms with Gasteiger partial charge in [-0.1, -0.05) is 0 Å². The summed E-state index contributed by atoms with van der Waals surface area (Å²) in [4.78, 5) is 10.1. The lowest BCUT2D eigenvalue weighted by Gasteiger charge is -2.09. The second-order valence-corrected chi connectivity index (χ2v) is 6.86. The largest absolute Gasteiger partial charge is 0.471 e. The van der Waals surface area contributed by atoms with E-state index in [0.717, 1.165) is 30.3 Å². The minimum Gasteiger partial charge on any atom is -0.309 e. The van der Waals surface area contributed by atoms with E-state index in [0.29, 0.717) is 11.3 Å². The molecular formula is C12H7F4NO3S2. The molecular weight excluding hydrogens is 346 g/mol. The Morgan fingerprint density at radius 3 is 2.23 bits per heavy atom. The van der Waals surface area contributed by atoms with Crippen LogP contribution in [0.2, 0.25) is 0 Å². The second-order valence-electron chi connectivity index (χ2n) is 4.02. The molecule has 1 N–H and O–H groups in total. The highest BCUT2D eigenvalue weighted by atomic mass is 32.2. The number of rotatable bonds is 3. The van der Waals surface area contributed by atoms with Crippen molar-refractivity contribution in [2.75, 3.05) is 5.32 Å². The van der Waals surface area contributed by atoms with E-state index in [1.807, 2.05) is 0 Å². The van der Waals surface area contributed by atoms with E-state index in [2.05, 4.69) is 0 Å². The van der Waals surface area contributed by atoms with Gasteiger partial charge in [0, 0.05) is 0 Å². The standard InChI is InChI=1S/C12H7F4NO3S2/c13-7-1-3-8(4-2-7)22(19,20)9-5-6-21-10(9)17-11(18)12(14,15)16/h1-6H,(H,17,18). The van der Waals surface area contributed by atoms with Crippen LogP contribution in [0.3, 0.4) is 0 Å². The van der Waals surface area contributed by atoms with Crippen LogP contribution < -0.4 is 5.32 Å². The summed E-state index contributed by atoms with van der Waals surface area (Å²) < 4.78 is 74.2. The summed E-state index contributed by atoms with van der Waals surface area (Å²) >= 11 is 0.633. The third kappa shape index (κ3) is 3.28. The summed E-state index contributed by atoms with van der Waals surface area (Å²) in [6.45, 7) is 0. The van der Waals surface area contributed by atoms with Crippen LogP contribution in [0.1, 0.15) is 0 Å². The number of amides is 1. The number of anilines is 1. The summed E-state index contributed by atoms with van der Waals surface area (Å²) in [5, 5.41) is 2.29. The molecule has 10 heteroatoms. The van der Waals surface area contributed by atoms with Gasteiger partial charge in [0.05, 0.1) is 4.90 Å². The molecule has 0 fully saturated rings. The average Bonchev–Trinajstić information content (AvgIpc) is 2.87. The normalized spacial score (nSPS) is 12.2. The van der Waals surface area contributed by atoms with Crippen molar-refractivity contribution >= 4 is 32.1 Å². The van der Waals surface area contributed by atoms with Gasteiger partial charge in [-0.3, -0.25) is 4.79 Å². The number of carbonyl (C=O) groups excluding carboxylic acids is 1. The third-order valence-electron chi connectivity index (χ3n) is 2.53. The van der Waals surface area contributed by atoms with Crippen molar-refractivity contribution < 1.29 is 30.8 Å². The lowest BCUT2D eigenvalue weighted by atomic mass is 10.4. The number of alkyl halides is 3. The number of thiophene rings is 1. The summed E-state index contributed by atoms with van der Waals surface area (Å²) in [5.41, 5.74) is 0. The van der Waals surface area contributed by atoms with Crippen molar-refractivity contribution in [2.45, 2.75) is 16.0 Å². The first-order valence-electron chi connectivity index (χ1n) is 5.58. The lowest BCUT2D eigenvalue weighted by Crippen LogP contribution is -2.30. The molecule has 0 unspecified atom stereocenters. The van der Waals surface area contributed by atoms with Crippen molar-refractivity contribution in [3.63, 3.8) is 0 Å². The first kappa shape index (κ1) is 16.4. The zero-order valence-electron chi connectivity index (χ0n) is 10.5. The smallest absolute Gasteiger partial charge is 0.309 e. The predicted molar refractivity (Wildman–Crippen MR) is 70.9 cm³/mol. The number of hydrogen-bond acceptors (Lipinski definition) is 4. The van der Waals surface area contributed by atoms with Crippen LogP contribution in [0.4, 0.5) is 22.6 Å². The molecule has 4 nitrogen and oxygen atoms in total. The highest BCUT2D eigenvalue weighted by Gasteiger charge is 2.39. The van der Waals surface area contributed by atoms with Crippen molar-refractivity contribution in [1.29, 1.82) is 0 Å². The van der Waals surface area contributed by atoms with Crippen LogP contribution in [0.5, 0.6) is 0 Å². The molecule has 0 atom stereocenters. The first-order valence-corrected chi connectivity index (χ1v) is 7.95. The fraction of sp³-hybridized carbons (Fsp3) is 0.0833. The Balaban J connectivity index is 2.40. The maximum absolute atomic E-state index is 12.8. The SMILES string of the molecule is O=C(Nc1sccc1S(=O)(=O)c1ccc(F)cc1)C(F)(F)F. The van der Waals surface area contributed by atoms with Crippen LogP contribution in [0.15, 0.2) is 45.5 Å². The molecule has 118 valence electrons. The Kier molecular flexibility index (Phi) is 4.25. The number of halogens is 4. The Bertz CT molecular complexity index is 795. The number of carbonyl (C=O) groups is 1. The topological polar surface area (TPSA) is 63.2 Å². The lowest BCUT2D eigenvalue weighted by molar-refractivity contribution is -0.167. The fourth-order valence-corrected chi connectivity index (χ4v) is 4.04. The zero-order chi connectivity index (χ0) is 16.5. The van der Waals surface area contributed by atoms with E-state index < -0.39 is 37.6 Å². The van der Waals surface area contributed by atoms with E-state index in [1.54, 1.807) is 0 Å². The first-order chi connectivity index (χ1) is 10.1. The number of sulfone groups is 1. The molecule has 2 rings (SSSR count). The molecule has 1 amide bonds. The average molecular weight is 353 g/mol. The molecule has 1 aromatic carbocycles. The van der Waals surface area contributed by atoms with Crippen LogP contribution in [-0.2, 0) is 14.6 Å². The van der Waals surface area contributed by atoms with Gasteiger partial charge in [-0.15, -0.1) is 11.3 Å². The van der Waals surface area contributed by atoms with E-state index in [9.17, 15) is 30.8 Å². The minimum atomic E-state index is -5.14. The van der Waals surface area contributed by atoms with Crippen LogP contribution in [0.25, 0.3) is 0 Å². The van der Waals surface area contributed by atoms with E-state index in [4.69, 9.17) is 0 Å². The molecule has 0 spiro atoms. The monoisotopic (exact) mass is 353 g/mol. The maximum Gasteiger partial charge on any atom is 0.471 e. The summed E-state index contributed by atoms with van der Waals surface area (Å²) in [7, 11) is -4.17. The van der Waals surface area contributed by atoms with Crippen LogP contribution >= 0.6 is 11.3 Å². The molecule has 0 aliphatic rings. The van der Waals surface area contributed by atoms with Crippen molar-refractivity contribution in [3.8, 4) is 0 Å². The Labute approximate surface area is 126 Å². The molecule has 0 saturated heterocycles. The van der Waals surface area contributed by atoms with Gasteiger partial charge in [0.15, 0.2) is 0 Å². The van der Waals surface area contributed by atoms with Gasteiger partial charge >= 0.3 is 12.1 Å². The predicted octanol–water partition coefficient (Wildman–Crippen LogP) is 3.22. The highest BCUT2D eigenvalue weighted by molar-refractivity contribution is 7.91. The summed E-state index contributed by atoms with van der Waals surface area (Å²) in [5.74, 6) is -2.93. The highest BCUT2D eigenvalue weighted by Crippen LogP contribution is 2.33. The number of nitrogens with one attached hydrogen (secondary N) is 1. The van der Waals surface area contributed by atoms with Gasteiger partial charge in [-0.05, 0) is 35.7 Å². The quantitative estimate of drug-likeness (QED) is 0.681. The minimum absolute atomic E-state index is 0.296. The molecule has 0 aliphatic carbocycles. The molecule has 2 aromatic rings. The summed E-state index contributed by atoms with van der Waals surface area (Å²) in [6.07, 6.45) is -5.14. The molecule has 0 aliphatic heterocycles. The second kappa shape index (κ2) is 5.69. The molecule has 1 heterocycles. The Morgan fingerprint density at radius 2 is 1.68 bits per heavy atom. The third-order valence-corrected chi connectivity index (χ3v) is 5.30. The van der Waals surface area contributed by atoms with Gasteiger partial charge in [-0.2, -0.15) is 13.2 Å². The Hall–Kier alpha value is -1.94. The molecule has 1 aromatic heterocycles. The molecule has 0 radical (unpaired) electrons. The molecule has 22 heavy (non-hydrogen) atoms. The fourth-order valence-electron chi connectivity index (χ4n) is 1.51.